The van der Waals surface area contributed by atoms with Gasteiger partial charge in [-0.15, -0.1) is 0 Å². The van der Waals surface area contributed by atoms with Gasteiger partial charge < -0.3 is 14.2 Å². The first-order valence-corrected chi connectivity index (χ1v) is 8.14. The summed E-state index contributed by atoms with van der Waals surface area (Å²) in [5, 5.41) is 0. The van der Waals surface area contributed by atoms with Crippen LogP contribution in [0.5, 0.6) is 5.75 Å². The highest BCUT2D eigenvalue weighted by atomic mass is 16.5. The van der Waals surface area contributed by atoms with Crippen molar-refractivity contribution in [3.8, 4) is 5.75 Å². The van der Waals surface area contributed by atoms with Gasteiger partial charge in [0.2, 0.25) is 0 Å². The van der Waals surface area contributed by atoms with Crippen molar-refractivity contribution in [1.29, 1.82) is 0 Å². The van der Waals surface area contributed by atoms with Gasteiger partial charge in [0, 0.05) is 17.1 Å². The van der Waals surface area contributed by atoms with Crippen LogP contribution in [0.4, 0.5) is 0 Å². The molecule has 0 amide bonds. The minimum Gasteiger partial charge on any atom is -0.494 e. The summed E-state index contributed by atoms with van der Waals surface area (Å²) < 4.78 is 16.0. The van der Waals surface area contributed by atoms with Crippen molar-refractivity contribution in [1.82, 2.24) is 0 Å². The number of esters is 2. The van der Waals surface area contributed by atoms with E-state index in [2.05, 4.69) is 13.2 Å². The molecule has 5 nitrogen and oxygen atoms in total. The molecule has 0 spiro atoms. The highest BCUT2D eigenvalue weighted by molar-refractivity contribution is 5.87. The molecule has 0 heterocycles. The van der Waals surface area contributed by atoms with Crippen LogP contribution in [-0.2, 0) is 19.1 Å². The Morgan fingerprint density at radius 1 is 0.960 bits per heavy atom. The molecule has 0 aliphatic heterocycles. The highest BCUT2D eigenvalue weighted by Crippen LogP contribution is 2.14. The van der Waals surface area contributed by atoms with E-state index >= 15 is 0 Å². The summed E-state index contributed by atoms with van der Waals surface area (Å²) >= 11 is 0. The fourth-order valence-electron chi connectivity index (χ4n) is 1.83. The second-order valence-electron chi connectivity index (χ2n) is 6.07. The molecule has 1 aromatic rings. The smallest absolute Gasteiger partial charge is 0.333 e. The maximum Gasteiger partial charge on any atom is 0.333 e. The molecule has 0 aromatic heterocycles. The van der Waals surface area contributed by atoms with E-state index in [9.17, 15) is 9.59 Å². The first-order valence-electron chi connectivity index (χ1n) is 8.14. The van der Waals surface area contributed by atoms with E-state index in [0.717, 1.165) is 11.3 Å². The van der Waals surface area contributed by atoms with Crippen LogP contribution in [0.1, 0.15) is 25.8 Å². The Balaban J connectivity index is 2.51. The summed E-state index contributed by atoms with van der Waals surface area (Å²) in [5.41, 5.74) is 1.81. The Labute approximate surface area is 149 Å². The second kappa shape index (κ2) is 10.3. The summed E-state index contributed by atoms with van der Waals surface area (Å²) in [6.07, 6.45) is 0.570. The van der Waals surface area contributed by atoms with Crippen LogP contribution < -0.4 is 4.74 Å². The number of rotatable bonds is 10. The number of hydrogen-bond acceptors (Lipinski definition) is 5. The molecule has 0 bridgehead atoms. The van der Waals surface area contributed by atoms with Crippen molar-refractivity contribution in [3.63, 3.8) is 0 Å². The van der Waals surface area contributed by atoms with Crippen molar-refractivity contribution in [2.45, 2.75) is 27.2 Å². The van der Waals surface area contributed by atoms with Crippen LogP contribution in [0, 0.1) is 12.8 Å². The summed E-state index contributed by atoms with van der Waals surface area (Å²) in [6.45, 7) is 12.9. The monoisotopic (exact) mass is 346 g/mol. The largest absolute Gasteiger partial charge is 0.494 e. The molecule has 1 aromatic carbocycles. The predicted molar refractivity (Wildman–Crippen MR) is 96.3 cm³/mol. The van der Waals surface area contributed by atoms with Crippen molar-refractivity contribution in [3.05, 3.63) is 54.1 Å². The van der Waals surface area contributed by atoms with Crippen LogP contribution in [-0.4, -0.2) is 31.8 Å². The van der Waals surface area contributed by atoms with E-state index in [1.165, 1.54) is 0 Å². The SMILES string of the molecule is C=C(C)C(=O)OCC(CCOc1ccc(C)cc1)COC(=O)C(=C)C. The van der Waals surface area contributed by atoms with Gasteiger partial charge in [-0.05, 0) is 39.3 Å². The topological polar surface area (TPSA) is 61.8 Å². The van der Waals surface area contributed by atoms with Gasteiger partial charge in [0.25, 0.3) is 0 Å². The molecule has 0 atom stereocenters. The van der Waals surface area contributed by atoms with E-state index in [-0.39, 0.29) is 19.1 Å². The van der Waals surface area contributed by atoms with E-state index < -0.39 is 11.9 Å². The minimum atomic E-state index is -0.462. The average Bonchev–Trinajstić information content (AvgIpc) is 2.57. The van der Waals surface area contributed by atoms with Gasteiger partial charge in [0.1, 0.15) is 5.75 Å². The Morgan fingerprint density at radius 2 is 1.44 bits per heavy atom. The number of carbonyl (C=O) groups excluding carboxylic acids is 2. The van der Waals surface area contributed by atoms with E-state index in [0.29, 0.717) is 24.2 Å². The van der Waals surface area contributed by atoms with Crippen LogP contribution in [0.2, 0.25) is 0 Å². The number of carbonyl (C=O) groups is 2. The second-order valence-corrected chi connectivity index (χ2v) is 6.07. The Hall–Kier alpha value is -2.56. The van der Waals surface area contributed by atoms with E-state index in [4.69, 9.17) is 14.2 Å². The van der Waals surface area contributed by atoms with Crippen LogP contribution >= 0.6 is 0 Å². The lowest BCUT2D eigenvalue weighted by atomic mass is 10.1. The van der Waals surface area contributed by atoms with Gasteiger partial charge >= 0.3 is 11.9 Å². The first-order chi connectivity index (χ1) is 11.8. The Kier molecular flexibility index (Phi) is 8.47. The normalized spacial score (nSPS) is 10.2. The molecule has 5 heteroatoms. The van der Waals surface area contributed by atoms with Gasteiger partial charge in [-0.3, -0.25) is 0 Å². The average molecular weight is 346 g/mol. The summed E-state index contributed by atoms with van der Waals surface area (Å²) in [5.74, 6) is -0.328. The molecule has 0 fully saturated rings. The van der Waals surface area contributed by atoms with Gasteiger partial charge in [-0.2, -0.15) is 0 Å². The standard InChI is InChI=1S/C20H26O5/c1-14(2)19(21)24-12-17(13-25-20(22)15(3)4)10-11-23-18-8-6-16(5)7-9-18/h6-9,17H,1,3,10-13H2,2,4-5H3. The van der Waals surface area contributed by atoms with Gasteiger partial charge in [-0.25, -0.2) is 9.59 Å². The molecule has 136 valence electrons. The number of benzene rings is 1. The molecule has 0 unspecified atom stereocenters. The van der Waals surface area contributed by atoms with E-state index in [1.54, 1.807) is 13.8 Å². The fourth-order valence-corrected chi connectivity index (χ4v) is 1.83. The molecule has 0 aliphatic carbocycles. The maximum absolute atomic E-state index is 11.5. The van der Waals surface area contributed by atoms with Crippen LogP contribution in [0.15, 0.2) is 48.6 Å². The number of hydrogen-bond donors (Lipinski definition) is 0. The predicted octanol–water partition coefficient (Wildman–Crippen LogP) is 3.62. The third-order valence-corrected chi connectivity index (χ3v) is 3.41. The summed E-state index contributed by atoms with van der Waals surface area (Å²) in [7, 11) is 0. The molecule has 0 saturated carbocycles. The lowest BCUT2D eigenvalue weighted by Gasteiger charge is -2.17. The Bertz CT molecular complexity index is 585. The first kappa shape index (κ1) is 20.5. The van der Waals surface area contributed by atoms with Crippen molar-refractivity contribution in [2.24, 2.45) is 5.92 Å². The van der Waals surface area contributed by atoms with Gasteiger partial charge in [0.15, 0.2) is 0 Å². The molecular weight excluding hydrogens is 320 g/mol. The van der Waals surface area contributed by atoms with Crippen LogP contribution in [0.3, 0.4) is 0 Å². The molecule has 0 N–H and O–H groups in total. The van der Waals surface area contributed by atoms with Crippen LogP contribution in [0.25, 0.3) is 0 Å². The zero-order valence-electron chi connectivity index (χ0n) is 15.2. The van der Waals surface area contributed by atoms with E-state index in [1.807, 2.05) is 31.2 Å². The highest BCUT2D eigenvalue weighted by Gasteiger charge is 2.16. The van der Waals surface area contributed by atoms with Crippen molar-refractivity contribution in [2.75, 3.05) is 19.8 Å². The van der Waals surface area contributed by atoms with Crippen molar-refractivity contribution < 1.29 is 23.8 Å². The molecular formula is C20H26O5. The minimum absolute atomic E-state index is 0.131. The number of aryl methyl sites for hydroxylation is 1. The van der Waals surface area contributed by atoms with Gasteiger partial charge in [-0.1, -0.05) is 30.9 Å². The molecule has 1 rings (SSSR count). The van der Waals surface area contributed by atoms with Gasteiger partial charge in [0.05, 0.1) is 19.8 Å². The maximum atomic E-state index is 11.5. The zero-order chi connectivity index (χ0) is 18.8. The number of ether oxygens (including phenoxy) is 3. The van der Waals surface area contributed by atoms with Crippen molar-refractivity contribution >= 4 is 11.9 Å². The molecule has 0 saturated heterocycles. The quantitative estimate of drug-likeness (QED) is 0.478. The molecule has 25 heavy (non-hydrogen) atoms. The Morgan fingerprint density at radius 3 is 1.88 bits per heavy atom. The lowest BCUT2D eigenvalue weighted by Crippen LogP contribution is -2.23. The fraction of sp³-hybridized carbons (Fsp3) is 0.400. The zero-order valence-corrected chi connectivity index (χ0v) is 15.2. The lowest BCUT2D eigenvalue weighted by molar-refractivity contribution is -0.144. The molecule has 0 radical (unpaired) electrons. The summed E-state index contributed by atoms with van der Waals surface area (Å²) in [6, 6.07) is 7.73. The third-order valence-electron chi connectivity index (χ3n) is 3.41. The summed E-state index contributed by atoms with van der Waals surface area (Å²) in [4.78, 5) is 23.1. The molecule has 0 aliphatic rings. The third kappa shape index (κ3) is 8.20.